The van der Waals surface area contributed by atoms with E-state index < -0.39 is 0 Å². The van der Waals surface area contributed by atoms with Crippen LogP contribution in [-0.2, 0) is 9.63 Å². The molecule has 0 bridgehead atoms. The molecule has 0 saturated heterocycles. The summed E-state index contributed by atoms with van der Waals surface area (Å²) in [5.74, 6) is 8.19. The number of carbonyl (C=O) groups excluding carboxylic acids is 1. The summed E-state index contributed by atoms with van der Waals surface area (Å²) in [7, 11) is 0. The van der Waals surface area contributed by atoms with Crippen LogP contribution in [-0.4, -0.2) is 62.5 Å². The third kappa shape index (κ3) is 7.89. The SMILES string of the molecule is CC(CCC(=O)ON)C1CCC2C3C(CCC12C)C1(C)CCC(NCCCNCCCCNCCCN)CC1C[C@H]3O. The van der Waals surface area contributed by atoms with Gasteiger partial charge in [0.1, 0.15) is 0 Å². The van der Waals surface area contributed by atoms with Crippen LogP contribution in [0.25, 0.3) is 0 Å². The number of hydrogen-bond donors (Lipinski definition) is 6. The van der Waals surface area contributed by atoms with Crippen LogP contribution in [0.2, 0.25) is 0 Å². The Hall–Kier alpha value is -0.770. The average molecular weight is 592 g/mol. The first-order valence-electron chi connectivity index (χ1n) is 17.7. The molecule has 0 aromatic carbocycles. The van der Waals surface area contributed by atoms with E-state index in [4.69, 9.17) is 11.6 Å². The van der Waals surface area contributed by atoms with Crippen LogP contribution in [0, 0.1) is 46.3 Å². The van der Waals surface area contributed by atoms with Crippen LogP contribution in [0.5, 0.6) is 0 Å². The molecule has 9 unspecified atom stereocenters. The van der Waals surface area contributed by atoms with Gasteiger partial charge < -0.3 is 31.6 Å². The van der Waals surface area contributed by atoms with Crippen LogP contribution < -0.4 is 27.6 Å². The van der Waals surface area contributed by atoms with Gasteiger partial charge in [-0.3, -0.25) is 4.79 Å². The molecule has 0 aromatic rings. The van der Waals surface area contributed by atoms with E-state index in [1.54, 1.807) is 0 Å². The Bertz CT molecular complexity index is 831. The summed E-state index contributed by atoms with van der Waals surface area (Å²) in [4.78, 5) is 16.1. The molecule has 0 radical (unpaired) electrons. The molecule has 0 spiro atoms. The van der Waals surface area contributed by atoms with Gasteiger partial charge in [-0.05, 0) is 169 Å². The van der Waals surface area contributed by atoms with Crippen molar-refractivity contribution < 1.29 is 14.7 Å². The van der Waals surface area contributed by atoms with E-state index in [2.05, 4.69) is 41.6 Å². The second-order valence-electron chi connectivity index (χ2n) is 15.2. The maximum atomic E-state index is 11.7. The van der Waals surface area contributed by atoms with Gasteiger partial charge in [-0.25, -0.2) is 0 Å². The van der Waals surface area contributed by atoms with Crippen molar-refractivity contribution in [2.45, 2.75) is 123 Å². The first-order valence-corrected chi connectivity index (χ1v) is 17.7. The van der Waals surface area contributed by atoms with Crippen LogP contribution in [0.4, 0.5) is 0 Å². The second-order valence-corrected chi connectivity index (χ2v) is 15.2. The Labute approximate surface area is 256 Å². The predicted molar refractivity (Wildman–Crippen MR) is 170 cm³/mol. The number of fused-ring (bicyclic) bond motifs is 5. The van der Waals surface area contributed by atoms with Crippen LogP contribution in [0.15, 0.2) is 0 Å². The van der Waals surface area contributed by atoms with Gasteiger partial charge in [0.05, 0.1) is 6.10 Å². The minimum absolute atomic E-state index is 0.169. The summed E-state index contributed by atoms with van der Waals surface area (Å²) in [5.41, 5.74) is 6.16. The summed E-state index contributed by atoms with van der Waals surface area (Å²) in [5, 5.41) is 22.7. The highest BCUT2D eigenvalue weighted by Crippen LogP contribution is 2.68. The molecule has 0 amide bonds. The smallest absolute Gasteiger partial charge is 0.324 e. The third-order valence-corrected chi connectivity index (χ3v) is 12.9. The lowest BCUT2D eigenvalue weighted by molar-refractivity contribution is -0.167. The lowest BCUT2D eigenvalue weighted by atomic mass is 9.43. The Kier molecular flexibility index (Phi) is 13.0. The maximum absolute atomic E-state index is 11.7. The van der Waals surface area contributed by atoms with Crippen LogP contribution in [0.3, 0.4) is 0 Å². The number of hydrogen-bond acceptors (Lipinski definition) is 8. The summed E-state index contributed by atoms with van der Waals surface area (Å²) < 4.78 is 0. The zero-order valence-electron chi connectivity index (χ0n) is 27.2. The van der Waals surface area contributed by atoms with Gasteiger partial charge in [-0.1, -0.05) is 20.8 Å². The fraction of sp³-hybridized carbons (Fsp3) is 0.971. The van der Waals surface area contributed by atoms with E-state index in [0.717, 1.165) is 58.5 Å². The lowest BCUT2D eigenvalue weighted by Crippen LogP contribution is -2.59. The van der Waals surface area contributed by atoms with Crippen molar-refractivity contribution >= 4 is 5.97 Å². The lowest BCUT2D eigenvalue weighted by Gasteiger charge is -2.62. The first kappa shape index (κ1) is 34.1. The number of unbranched alkanes of at least 4 members (excludes halogenated alkanes) is 1. The van der Waals surface area contributed by atoms with Crippen molar-refractivity contribution in [1.82, 2.24) is 16.0 Å². The molecule has 8 nitrogen and oxygen atoms in total. The average Bonchev–Trinajstić information content (AvgIpc) is 3.34. The Morgan fingerprint density at radius 1 is 0.905 bits per heavy atom. The highest BCUT2D eigenvalue weighted by Gasteiger charge is 2.62. The molecule has 4 aliphatic rings. The van der Waals surface area contributed by atoms with E-state index in [-0.39, 0.29) is 17.5 Å². The summed E-state index contributed by atoms with van der Waals surface area (Å²) in [6.45, 7) is 13.6. The largest absolute Gasteiger partial charge is 0.393 e. The van der Waals surface area contributed by atoms with Crippen molar-refractivity contribution in [3.8, 4) is 0 Å². The van der Waals surface area contributed by atoms with E-state index in [1.165, 1.54) is 64.2 Å². The number of rotatable bonds is 17. The fourth-order valence-electron chi connectivity index (χ4n) is 10.5. The molecule has 8 heteroatoms. The zero-order chi connectivity index (χ0) is 30.2. The van der Waals surface area contributed by atoms with Gasteiger partial charge >= 0.3 is 5.97 Å². The maximum Gasteiger partial charge on any atom is 0.324 e. The molecule has 42 heavy (non-hydrogen) atoms. The first-order chi connectivity index (χ1) is 20.2. The molecule has 4 fully saturated rings. The van der Waals surface area contributed by atoms with Gasteiger partial charge in [0, 0.05) is 12.5 Å². The van der Waals surface area contributed by atoms with Gasteiger partial charge in [-0.2, -0.15) is 5.90 Å². The van der Waals surface area contributed by atoms with Gasteiger partial charge in [-0.15, -0.1) is 0 Å². The predicted octanol–water partition coefficient (Wildman–Crippen LogP) is 4.11. The third-order valence-electron chi connectivity index (χ3n) is 12.9. The molecule has 244 valence electrons. The molecule has 4 rings (SSSR count). The number of aliphatic hydroxyl groups excluding tert-OH is 1. The Balaban J connectivity index is 1.20. The van der Waals surface area contributed by atoms with Gasteiger partial charge in [0.15, 0.2) is 0 Å². The van der Waals surface area contributed by atoms with Crippen molar-refractivity contribution in [1.29, 1.82) is 0 Å². The van der Waals surface area contributed by atoms with Crippen molar-refractivity contribution in [3.63, 3.8) is 0 Å². The summed E-state index contributed by atoms with van der Waals surface area (Å²) in [6, 6.07) is 0.595. The van der Waals surface area contributed by atoms with Gasteiger partial charge in [0.25, 0.3) is 0 Å². The molecule has 0 aromatic heterocycles. The molecular weight excluding hydrogens is 526 g/mol. The number of nitrogens with one attached hydrogen (secondary N) is 3. The molecule has 0 aliphatic heterocycles. The highest BCUT2D eigenvalue weighted by molar-refractivity contribution is 5.68. The molecule has 4 saturated carbocycles. The van der Waals surface area contributed by atoms with Crippen molar-refractivity contribution in [2.75, 3.05) is 39.3 Å². The Morgan fingerprint density at radius 3 is 2.29 bits per heavy atom. The van der Waals surface area contributed by atoms with E-state index >= 15 is 0 Å². The fourth-order valence-corrected chi connectivity index (χ4v) is 10.5. The molecular formula is C34H65N5O3. The minimum Gasteiger partial charge on any atom is -0.393 e. The summed E-state index contributed by atoms with van der Waals surface area (Å²) in [6.07, 6.45) is 15.5. The minimum atomic E-state index is -0.303. The van der Waals surface area contributed by atoms with Crippen molar-refractivity contribution in [3.05, 3.63) is 0 Å². The normalized spacial score (nSPS) is 38.4. The standard InChI is InChI=1S/C34H65N5O3/c1-24(8-11-31(41)42-36)27-9-10-28-32-29(13-15-34(27,28)3)33(2)14-12-26(22-25(33)23-30(32)40)39-21-7-20-38-18-5-4-17-37-19-6-16-35/h24-30,32,37-40H,4-23,35-36H2,1-3H3/t24?,25?,26?,27?,28?,29?,30-,32?,33?,34?/m1/s1. The number of carbonyl (C=O) groups is 1. The Morgan fingerprint density at radius 2 is 1.57 bits per heavy atom. The van der Waals surface area contributed by atoms with E-state index in [1.807, 2.05) is 0 Å². The second kappa shape index (κ2) is 16.0. The molecule has 0 heterocycles. The highest BCUT2D eigenvalue weighted by atomic mass is 16.7. The topological polar surface area (TPSA) is 135 Å². The monoisotopic (exact) mass is 592 g/mol. The molecule has 8 N–H and O–H groups in total. The van der Waals surface area contributed by atoms with Crippen LogP contribution in [0.1, 0.15) is 111 Å². The number of aliphatic hydroxyl groups is 1. The number of nitrogens with two attached hydrogens (primary N) is 2. The quantitative estimate of drug-likeness (QED) is 0.110. The summed E-state index contributed by atoms with van der Waals surface area (Å²) >= 11 is 0. The zero-order valence-corrected chi connectivity index (χ0v) is 27.2. The molecule has 4 aliphatic carbocycles. The van der Waals surface area contributed by atoms with Gasteiger partial charge in [0.2, 0.25) is 0 Å². The van der Waals surface area contributed by atoms with Crippen molar-refractivity contribution in [2.24, 2.45) is 58.0 Å². The van der Waals surface area contributed by atoms with E-state index in [9.17, 15) is 9.90 Å². The van der Waals surface area contributed by atoms with E-state index in [0.29, 0.717) is 53.4 Å². The van der Waals surface area contributed by atoms with Crippen LogP contribution >= 0.6 is 0 Å². The molecule has 10 atom stereocenters.